The van der Waals surface area contributed by atoms with Crippen LogP contribution < -0.4 is 4.74 Å². The van der Waals surface area contributed by atoms with Crippen LogP contribution in [0.3, 0.4) is 0 Å². The smallest absolute Gasteiger partial charge is 0.394 e. The van der Waals surface area contributed by atoms with Gasteiger partial charge in [0.1, 0.15) is 5.75 Å². The average molecular weight is 296 g/mol. The minimum absolute atomic E-state index is 0.126. The summed E-state index contributed by atoms with van der Waals surface area (Å²) in [7, 11) is -4.67. The van der Waals surface area contributed by atoms with Crippen molar-refractivity contribution in [3.8, 4) is 5.75 Å². The van der Waals surface area contributed by atoms with Crippen molar-refractivity contribution in [3.63, 3.8) is 0 Å². The molecule has 2 aromatic rings. The molecule has 0 spiro atoms. The number of aryl methyl sites for hydroxylation is 1. The van der Waals surface area contributed by atoms with Crippen LogP contribution in [0.4, 0.5) is 0 Å². The van der Waals surface area contributed by atoms with Crippen LogP contribution in [0.5, 0.6) is 5.75 Å². The van der Waals surface area contributed by atoms with Crippen LogP contribution in [-0.4, -0.2) is 23.5 Å². The van der Waals surface area contributed by atoms with Crippen molar-refractivity contribution in [2.24, 2.45) is 0 Å². The number of fused-ring (bicyclic) bond motifs is 3. The van der Waals surface area contributed by atoms with Gasteiger partial charge in [-0.15, -0.1) is 0 Å². The molecule has 20 heavy (non-hydrogen) atoms. The lowest BCUT2D eigenvalue weighted by Crippen LogP contribution is -2.15. The molecule has 0 fully saturated rings. The van der Waals surface area contributed by atoms with Gasteiger partial charge in [-0.3, -0.25) is 13.9 Å². The van der Waals surface area contributed by atoms with Crippen LogP contribution in [0.15, 0.2) is 36.4 Å². The van der Waals surface area contributed by atoms with E-state index in [4.69, 9.17) is 22.3 Å². The van der Waals surface area contributed by atoms with Crippen molar-refractivity contribution >= 4 is 27.1 Å². The van der Waals surface area contributed by atoms with Crippen LogP contribution in [0.25, 0.3) is 10.8 Å². The summed E-state index contributed by atoms with van der Waals surface area (Å²) in [4.78, 5) is 11.2. The highest BCUT2D eigenvalue weighted by atomic mass is 32.3. The fraction of sp³-hybridized carbons (Fsp3) is 0.154. The molecule has 106 valence electrons. The van der Waals surface area contributed by atoms with Gasteiger partial charge in [-0.25, -0.2) is 0 Å². The van der Waals surface area contributed by atoms with E-state index in [9.17, 15) is 4.79 Å². The van der Waals surface area contributed by atoms with Gasteiger partial charge in [-0.1, -0.05) is 36.4 Å². The Morgan fingerprint density at radius 1 is 1.00 bits per heavy atom. The van der Waals surface area contributed by atoms with E-state index in [-0.39, 0.29) is 5.97 Å². The maximum absolute atomic E-state index is 11.2. The molecule has 6 nitrogen and oxygen atoms in total. The van der Waals surface area contributed by atoms with Gasteiger partial charge in [0.05, 0.1) is 6.42 Å². The summed E-state index contributed by atoms with van der Waals surface area (Å²) < 4.78 is 36.9. The van der Waals surface area contributed by atoms with E-state index in [0.29, 0.717) is 6.42 Å². The number of hydrogen-bond donors (Lipinski definition) is 2. The predicted octanol–water partition coefficient (Wildman–Crippen LogP) is 2.04. The predicted molar refractivity (Wildman–Crippen MR) is 72.1 cm³/mol. The zero-order chi connectivity index (χ0) is 14.8. The minimum Gasteiger partial charge on any atom is -0.426 e. The molecule has 0 unspecified atom stereocenters. The number of hydrogen-bond acceptors (Lipinski definition) is 4. The molecule has 0 bridgehead atoms. The molecule has 7 heteroatoms. The summed E-state index contributed by atoms with van der Waals surface area (Å²) in [6.07, 6.45) is 1.28. The van der Waals surface area contributed by atoms with Crippen molar-refractivity contribution in [1.29, 1.82) is 0 Å². The van der Waals surface area contributed by atoms with Gasteiger partial charge < -0.3 is 4.74 Å². The van der Waals surface area contributed by atoms with E-state index >= 15 is 0 Å². The molecule has 0 atom stereocenters. The number of ether oxygens (including phenoxy) is 1. The topological polar surface area (TPSA) is 101 Å². The molecule has 3 rings (SSSR count). The molecule has 0 aromatic heterocycles. The molecule has 2 N–H and O–H groups in total. The van der Waals surface area contributed by atoms with E-state index in [1.54, 1.807) is 0 Å². The minimum atomic E-state index is -4.67. The fourth-order valence-corrected chi connectivity index (χ4v) is 2.01. The number of benzene rings is 2. The summed E-state index contributed by atoms with van der Waals surface area (Å²) in [5, 5.41) is 2.15. The third-order valence-electron chi connectivity index (χ3n) is 2.78. The number of esters is 1. The largest absolute Gasteiger partial charge is 0.426 e. The fourth-order valence-electron chi connectivity index (χ4n) is 2.01. The number of rotatable bonds is 0. The molecule has 1 aliphatic rings. The second-order valence-electron chi connectivity index (χ2n) is 4.20. The standard InChI is InChI=1S/C13H10O2.H2O4S/c14-12-8-7-10-6-5-9-3-1-2-4-11(9)13(10)15-12;1-5(2,3)4/h1-6H,7-8H2;(H2,1,2,3,4). The van der Waals surface area contributed by atoms with Crippen molar-refractivity contribution in [3.05, 3.63) is 42.0 Å². The maximum atomic E-state index is 11.2. The van der Waals surface area contributed by atoms with Gasteiger partial charge in [0.15, 0.2) is 0 Å². The second-order valence-corrected chi connectivity index (χ2v) is 5.09. The summed E-state index contributed by atoms with van der Waals surface area (Å²) in [5.74, 6) is 0.628. The molecule has 0 aliphatic carbocycles. The van der Waals surface area contributed by atoms with Crippen LogP contribution in [0, 0.1) is 0 Å². The Hall–Kier alpha value is -1.96. The molecular formula is C13H12O6S. The molecule has 2 aromatic carbocycles. The summed E-state index contributed by atoms with van der Waals surface area (Å²) in [6.45, 7) is 0. The van der Waals surface area contributed by atoms with Crippen molar-refractivity contribution in [2.45, 2.75) is 12.8 Å². The van der Waals surface area contributed by atoms with Crippen LogP contribution in [0.2, 0.25) is 0 Å². The van der Waals surface area contributed by atoms with Crippen molar-refractivity contribution < 1.29 is 27.1 Å². The van der Waals surface area contributed by atoms with E-state index in [1.807, 2.05) is 30.3 Å². The lowest BCUT2D eigenvalue weighted by atomic mass is 10.0. The zero-order valence-corrected chi connectivity index (χ0v) is 11.1. The highest BCUT2D eigenvalue weighted by Crippen LogP contribution is 2.33. The van der Waals surface area contributed by atoms with Gasteiger partial charge in [0.2, 0.25) is 0 Å². The first kappa shape index (κ1) is 14.4. The summed E-state index contributed by atoms with van der Waals surface area (Å²) in [5.41, 5.74) is 1.13. The van der Waals surface area contributed by atoms with Gasteiger partial charge in [-0.05, 0) is 17.4 Å². The molecule has 1 aliphatic heterocycles. The maximum Gasteiger partial charge on any atom is 0.394 e. The number of carbonyl (C=O) groups excluding carboxylic acids is 1. The molecule has 0 radical (unpaired) electrons. The third-order valence-corrected chi connectivity index (χ3v) is 2.78. The Bertz CT molecular complexity index is 743. The van der Waals surface area contributed by atoms with Crippen LogP contribution >= 0.6 is 0 Å². The Kier molecular flexibility index (Phi) is 4.03. The Balaban J connectivity index is 0.000000257. The van der Waals surface area contributed by atoms with Crippen LogP contribution in [0.1, 0.15) is 12.0 Å². The lowest BCUT2D eigenvalue weighted by Gasteiger charge is -2.17. The molecule has 0 amide bonds. The molecule has 0 saturated carbocycles. The Morgan fingerprint density at radius 2 is 1.65 bits per heavy atom. The first-order chi connectivity index (χ1) is 9.34. The van der Waals surface area contributed by atoms with Crippen molar-refractivity contribution in [2.75, 3.05) is 0 Å². The van der Waals surface area contributed by atoms with Gasteiger partial charge in [-0.2, -0.15) is 8.42 Å². The third kappa shape index (κ3) is 3.77. The average Bonchev–Trinajstić information content (AvgIpc) is 2.36. The zero-order valence-electron chi connectivity index (χ0n) is 10.3. The SMILES string of the molecule is O=C1CCc2ccc3ccccc3c2O1.O=S(=O)(O)O. The molecule has 0 saturated heterocycles. The normalized spacial score (nSPS) is 14.0. The quantitative estimate of drug-likeness (QED) is 0.438. The summed E-state index contributed by atoms with van der Waals surface area (Å²) in [6, 6.07) is 12.1. The summed E-state index contributed by atoms with van der Waals surface area (Å²) >= 11 is 0. The molecular weight excluding hydrogens is 284 g/mol. The highest BCUT2D eigenvalue weighted by Gasteiger charge is 2.18. The van der Waals surface area contributed by atoms with E-state index in [2.05, 4.69) is 6.07 Å². The van der Waals surface area contributed by atoms with Crippen molar-refractivity contribution in [1.82, 2.24) is 0 Å². The van der Waals surface area contributed by atoms with E-state index in [0.717, 1.165) is 28.5 Å². The number of carbonyl (C=O) groups is 1. The molecule has 1 heterocycles. The first-order valence-electron chi connectivity index (χ1n) is 5.76. The second kappa shape index (κ2) is 5.58. The Morgan fingerprint density at radius 3 is 2.35 bits per heavy atom. The van der Waals surface area contributed by atoms with Gasteiger partial charge in [0.25, 0.3) is 0 Å². The highest BCUT2D eigenvalue weighted by molar-refractivity contribution is 7.79. The van der Waals surface area contributed by atoms with E-state index in [1.165, 1.54) is 0 Å². The lowest BCUT2D eigenvalue weighted by molar-refractivity contribution is -0.135. The van der Waals surface area contributed by atoms with Gasteiger partial charge >= 0.3 is 16.4 Å². The first-order valence-corrected chi connectivity index (χ1v) is 7.15. The van der Waals surface area contributed by atoms with Crippen LogP contribution in [-0.2, 0) is 21.6 Å². The monoisotopic (exact) mass is 296 g/mol. The van der Waals surface area contributed by atoms with Gasteiger partial charge in [0, 0.05) is 5.39 Å². The Labute approximate surface area is 115 Å². The van der Waals surface area contributed by atoms with E-state index < -0.39 is 10.4 Å².